The minimum atomic E-state index is -4.39. The van der Waals surface area contributed by atoms with Crippen LogP contribution in [0.1, 0.15) is 12.5 Å². The first kappa shape index (κ1) is 19.2. The van der Waals surface area contributed by atoms with Crippen molar-refractivity contribution in [3.63, 3.8) is 0 Å². The molecule has 138 valence electrons. The quantitative estimate of drug-likeness (QED) is 0.726. The molecule has 0 saturated heterocycles. The van der Waals surface area contributed by atoms with Crippen LogP contribution >= 0.6 is 0 Å². The number of benzene rings is 1. The van der Waals surface area contributed by atoms with Gasteiger partial charge in [-0.1, -0.05) is 0 Å². The molecule has 9 heteroatoms. The number of ether oxygens (including phenoxy) is 1. The maximum absolute atomic E-state index is 12.4. The van der Waals surface area contributed by atoms with Crippen molar-refractivity contribution < 1.29 is 22.7 Å². The standard InChI is InChI=1S/C17H17F3N4O2/c1-11(25)3-4-12-9-21-16(22-10-17(18,19)20)24-15(12)23-13-5-7-14(26-2)8-6-13/h3-9H,10H2,1-2H3,(H2,21,22,23,24)/b4-3+. The van der Waals surface area contributed by atoms with Crippen LogP contribution in [0.5, 0.6) is 5.75 Å². The van der Waals surface area contributed by atoms with Crippen LogP contribution in [0.2, 0.25) is 0 Å². The van der Waals surface area contributed by atoms with Crippen molar-refractivity contribution in [1.29, 1.82) is 0 Å². The Morgan fingerprint density at radius 1 is 1.27 bits per heavy atom. The first-order valence-corrected chi connectivity index (χ1v) is 7.54. The normalized spacial score (nSPS) is 11.4. The summed E-state index contributed by atoms with van der Waals surface area (Å²) in [5.41, 5.74) is 1.09. The number of hydrogen-bond acceptors (Lipinski definition) is 6. The minimum Gasteiger partial charge on any atom is -0.497 e. The Morgan fingerprint density at radius 2 is 1.96 bits per heavy atom. The van der Waals surface area contributed by atoms with Crippen LogP contribution in [-0.4, -0.2) is 35.6 Å². The lowest BCUT2D eigenvalue weighted by Crippen LogP contribution is -2.22. The average Bonchev–Trinajstić information content (AvgIpc) is 2.59. The number of nitrogens with zero attached hydrogens (tertiary/aromatic N) is 2. The molecule has 1 heterocycles. The van der Waals surface area contributed by atoms with Crippen LogP contribution in [0, 0.1) is 0 Å². The number of carbonyl (C=O) groups is 1. The van der Waals surface area contributed by atoms with E-state index in [-0.39, 0.29) is 17.5 Å². The van der Waals surface area contributed by atoms with E-state index in [1.165, 1.54) is 32.4 Å². The van der Waals surface area contributed by atoms with Gasteiger partial charge in [0, 0.05) is 17.4 Å². The topological polar surface area (TPSA) is 76.1 Å². The number of alkyl halides is 3. The number of carbonyl (C=O) groups excluding carboxylic acids is 1. The third-order valence-corrected chi connectivity index (χ3v) is 3.11. The number of aromatic nitrogens is 2. The number of allylic oxidation sites excluding steroid dienone is 1. The van der Waals surface area contributed by atoms with Gasteiger partial charge in [-0.3, -0.25) is 4.79 Å². The molecule has 0 unspecified atom stereocenters. The molecule has 2 rings (SSSR count). The second kappa shape index (κ2) is 8.32. The van der Waals surface area contributed by atoms with E-state index >= 15 is 0 Å². The molecule has 26 heavy (non-hydrogen) atoms. The van der Waals surface area contributed by atoms with Crippen LogP contribution in [0.4, 0.5) is 30.6 Å². The number of hydrogen-bond donors (Lipinski definition) is 2. The number of ketones is 1. The predicted octanol–water partition coefficient (Wildman–Crippen LogP) is 3.81. The molecule has 1 aromatic carbocycles. The number of anilines is 3. The molecule has 1 aromatic heterocycles. The highest BCUT2D eigenvalue weighted by Crippen LogP contribution is 2.23. The summed E-state index contributed by atoms with van der Waals surface area (Å²) in [6.07, 6.45) is -0.250. The Morgan fingerprint density at radius 3 is 2.54 bits per heavy atom. The Hall–Kier alpha value is -3.10. The van der Waals surface area contributed by atoms with Crippen molar-refractivity contribution in [2.75, 3.05) is 24.3 Å². The van der Waals surface area contributed by atoms with Gasteiger partial charge in [-0.25, -0.2) is 4.98 Å². The van der Waals surface area contributed by atoms with Crippen molar-refractivity contribution >= 4 is 29.3 Å². The average molecular weight is 366 g/mol. The summed E-state index contributed by atoms with van der Waals surface area (Å²) in [4.78, 5) is 19.0. The maximum Gasteiger partial charge on any atom is 0.405 e. The Bertz CT molecular complexity index is 790. The van der Waals surface area contributed by atoms with Gasteiger partial charge in [0.25, 0.3) is 0 Å². The molecule has 0 spiro atoms. The van der Waals surface area contributed by atoms with Gasteiger partial charge in [0.05, 0.1) is 7.11 Å². The Labute approximate surface area is 148 Å². The van der Waals surface area contributed by atoms with Crippen LogP contribution < -0.4 is 15.4 Å². The summed E-state index contributed by atoms with van der Waals surface area (Å²) < 4.78 is 42.1. The van der Waals surface area contributed by atoms with Crippen molar-refractivity contribution in [2.45, 2.75) is 13.1 Å². The van der Waals surface area contributed by atoms with Crippen LogP contribution in [0.15, 0.2) is 36.5 Å². The predicted molar refractivity (Wildman–Crippen MR) is 92.6 cm³/mol. The summed E-state index contributed by atoms with van der Waals surface area (Å²) >= 11 is 0. The maximum atomic E-state index is 12.4. The summed E-state index contributed by atoms with van der Waals surface area (Å²) in [6, 6.07) is 6.89. The van der Waals surface area contributed by atoms with E-state index in [0.717, 1.165) is 0 Å². The third kappa shape index (κ3) is 6.08. The lowest BCUT2D eigenvalue weighted by molar-refractivity contribution is -0.115. The molecule has 0 aliphatic rings. The zero-order valence-corrected chi connectivity index (χ0v) is 14.1. The van der Waals surface area contributed by atoms with Gasteiger partial charge in [0.1, 0.15) is 18.1 Å². The van der Waals surface area contributed by atoms with Crippen LogP contribution in [0.25, 0.3) is 6.08 Å². The first-order chi connectivity index (χ1) is 12.3. The molecular formula is C17H17F3N4O2. The first-order valence-electron chi connectivity index (χ1n) is 7.54. The zero-order valence-electron chi connectivity index (χ0n) is 14.1. The highest BCUT2D eigenvalue weighted by molar-refractivity contribution is 5.92. The number of halogens is 3. The second-order valence-corrected chi connectivity index (χ2v) is 5.26. The van der Waals surface area contributed by atoms with Gasteiger partial charge >= 0.3 is 6.18 Å². The fraction of sp³-hybridized carbons (Fsp3) is 0.235. The van der Waals surface area contributed by atoms with Gasteiger partial charge in [0.15, 0.2) is 5.78 Å². The summed E-state index contributed by atoms with van der Waals surface area (Å²) in [6.45, 7) is 0.130. The van der Waals surface area contributed by atoms with E-state index in [0.29, 0.717) is 17.0 Å². The molecule has 2 N–H and O–H groups in total. The molecule has 0 aliphatic carbocycles. The van der Waals surface area contributed by atoms with Gasteiger partial charge in [0.2, 0.25) is 5.95 Å². The monoisotopic (exact) mass is 366 g/mol. The molecule has 0 radical (unpaired) electrons. The third-order valence-electron chi connectivity index (χ3n) is 3.11. The lowest BCUT2D eigenvalue weighted by atomic mass is 10.2. The smallest absolute Gasteiger partial charge is 0.405 e. The van der Waals surface area contributed by atoms with Gasteiger partial charge < -0.3 is 15.4 Å². The fourth-order valence-electron chi connectivity index (χ4n) is 1.90. The zero-order chi connectivity index (χ0) is 19.2. The van der Waals surface area contributed by atoms with Gasteiger partial charge in [-0.2, -0.15) is 18.2 Å². The Kier molecular flexibility index (Phi) is 6.16. The van der Waals surface area contributed by atoms with E-state index in [2.05, 4.69) is 20.6 Å². The number of methoxy groups -OCH3 is 1. The molecule has 0 bridgehead atoms. The highest BCUT2D eigenvalue weighted by atomic mass is 19.4. The van der Waals surface area contributed by atoms with Crippen molar-refractivity contribution in [1.82, 2.24) is 9.97 Å². The lowest BCUT2D eigenvalue weighted by Gasteiger charge is -2.12. The van der Waals surface area contributed by atoms with E-state index in [4.69, 9.17) is 4.74 Å². The van der Waals surface area contributed by atoms with Gasteiger partial charge in [-0.15, -0.1) is 0 Å². The fourth-order valence-corrected chi connectivity index (χ4v) is 1.90. The van der Waals surface area contributed by atoms with Crippen LogP contribution in [-0.2, 0) is 4.79 Å². The summed E-state index contributed by atoms with van der Waals surface area (Å²) in [5, 5.41) is 5.12. The SMILES string of the molecule is COc1ccc(Nc2nc(NCC(F)(F)F)ncc2/C=C/C(C)=O)cc1. The van der Waals surface area contributed by atoms with Gasteiger partial charge in [-0.05, 0) is 43.3 Å². The minimum absolute atomic E-state index is 0.181. The molecule has 0 fully saturated rings. The van der Waals surface area contributed by atoms with E-state index in [1.54, 1.807) is 24.3 Å². The molecule has 6 nitrogen and oxygen atoms in total. The van der Waals surface area contributed by atoms with Crippen molar-refractivity contribution in [3.8, 4) is 5.75 Å². The molecule has 0 atom stereocenters. The van der Waals surface area contributed by atoms with E-state index in [9.17, 15) is 18.0 Å². The molecule has 0 aliphatic heterocycles. The molecule has 0 saturated carbocycles. The number of rotatable bonds is 7. The van der Waals surface area contributed by atoms with Crippen LogP contribution in [0.3, 0.4) is 0 Å². The molecule has 2 aromatic rings. The Balaban J connectivity index is 2.28. The molecule has 0 amide bonds. The van der Waals surface area contributed by atoms with Crippen molar-refractivity contribution in [2.24, 2.45) is 0 Å². The van der Waals surface area contributed by atoms with E-state index in [1.807, 2.05) is 0 Å². The largest absolute Gasteiger partial charge is 0.497 e. The highest BCUT2D eigenvalue weighted by Gasteiger charge is 2.27. The van der Waals surface area contributed by atoms with E-state index < -0.39 is 12.7 Å². The number of nitrogens with one attached hydrogen (secondary N) is 2. The molecular weight excluding hydrogens is 349 g/mol. The summed E-state index contributed by atoms with van der Waals surface area (Å²) in [7, 11) is 1.54. The van der Waals surface area contributed by atoms with Crippen molar-refractivity contribution in [3.05, 3.63) is 42.1 Å². The summed E-state index contributed by atoms with van der Waals surface area (Å²) in [5.74, 6) is 0.549. The second-order valence-electron chi connectivity index (χ2n) is 5.26.